The molecule has 126 valence electrons. The van der Waals surface area contributed by atoms with Crippen LogP contribution in [0.4, 0.5) is 5.69 Å². The van der Waals surface area contributed by atoms with Crippen LogP contribution in [0.25, 0.3) is 0 Å². The summed E-state index contributed by atoms with van der Waals surface area (Å²) in [5, 5.41) is 10.6. The fraction of sp³-hybridized carbons (Fsp3) is 0.333. The molecule has 0 bridgehead atoms. The highest BCUT2D eigenvalue weighted by Crippen LogP contribution is 2.29. The number of nitrogens with zero attached hydrogens (tertiary/aromatic N) is 3. The van der Waals surface area contributed by atoms with Crippen LogP contribution in [0, 0.1) is 6.92 Å². The van der Waals surface area contributed by atoms with Crippen LogP contribution in [0.1, 0.15) is 12.2 Å². The van der Waals surface area contributed by atoms with Crippen LogP contribution in [0.5, 0.6) is 0 Å². The molecule has 0 unspecified atom stereocenters. The van der Waals surface area contributed by atoms with Gasteiger partial charge >= 0.3 is 0 Å². The van der Waals surface area contributed by atoms with Crippen LogP contribution in [0.3, 0.4) is 0 Å². The third-order valence-corrected chi connectivity index (χ3v) is 4.71. The molecule has 1 saturated heterocycles. The highest BCUT2D eigenvalue weighted by Gasteiger charge is 2.32. The van der Waals surface area contributed by atoms with Crippen molar-refractivity contribution in [3.05, 3.63) is 35.1 Å². The van der Waals surface area contributed by atoms with Gasteiger partial charge in [0.05, 0.1) is 22.5 Å². The molecule has 1 aromatic carbocycles. The van der Waals surface area contributed by atoms with Gasteiger partial charge in [0, 0.05) is 13.0 Å². The highest BCUT2D eigenvalue weighted by molar-refractivity contribution is 7.99. The summed E-state index contributed by atoms with van der Waals surface area (Å²) < 4.78 is 0. The minimum Gasteiger partial charge on any atom is -0.350 e. The topological polar surface area (TPSA) is 91.0 Å². The second kappa shape index (κ2) is 7.23. The molecule has 3 rings (SSSR count). The average Bonchev–Trinajstić information content (AvgIpc) is 3.11. The molecule has 9 heteroatoms. The molecular formula is C15H16ClN5O2S. The number of hydrogen-bond donors (Lipinski definition) is 2. The van der Waals surface area contributed by atoms with Crippen LogP contribution >= 0.6 is 23.4 Å². The predicted molar refractivity (Wildman–Crippen MR) is 92.2 cm³/mol. The first kappa shape index (κ1) is 16.8. The van der Waals surface area contributed by atoms with E-state index in [9.17, 15) is 9.59 Å². The van der Waals surface area contributed by atoms with E-state index in [1.807, 2.05) is 12.1 Å². The van der Waals surface area contributed by atoms with Gasteiger partial charge in [0.2, 0.25) is 17.0 Å². The first-order valence-corrected chi connectivity index (χ1v) is 8.75. The summed E-state index contributed by atoms with van der Waals surface area (Å²) >= 11 is 7.39. The Labute approximate surface area is 148 Å². The number of carbonyl (C=O) groups excluding carboxylic acids is 2. The number of para-hydroxylation sites is 1. The van der Waals surface area contributed by atoms with Crippen molar-refractivity contribution in [2.24, 2.45) is 0 Å². The Bertz CT molecular complexity index is 766. The first-order chi connectivity index (χ1) is 11.5. The highest BCUT2D eigenvalue weighted by atomic mass is 35.5. The fourth-order valence-electron chi connectivity index (χ4n) is 2.49. The van der Waals surface area contributed by atoms with E-state index in [4.69, 9.17) is 11.6 Å². The number of amides is 2. The quantitative estimate of drug-likeness (QED) is 0.788. The van der Waals surface area contributed by atoms with Gasteiger partial charge in [-0.25, -0.2) is 4.98 Å². The zero-order valence-corrected chi connectivity index (χ0v) is 14.5. The number of aryl methyl sites for hydroxylation is 1. The van der Waals surface area contributed by atoms with Crippen molar-refractivity contribution in [3.8, 4) is 0 Å². The van der Waals surface area contributed by atoms with Gasteiger partial charge in [0.15, 0.2) is 0 Å². The van der Waals surface area contributed by atoms with Gasteiger partial charge in [-0.1, -0.05) is 35.5 Å². The van der Waals surface area contributed by atoms with Crippen molar-refractivity contribution < 1.29 is 9.59 Å². The largest absolute Gasteiger partial charge is 0.350 e. The Balaban J connectivity index is 1.54. The molecule has 1 fully saturated rings. The van der Waals surface area contributed by atoms with E-state index in [2.05, 4.69) is 20.5 Å². The van der Waals surface area contributed by atoms with E-state index < -0.39 is 0 Å². The lowest BCUT2D eigenvalue weighted by Crippen LogP contribution is -2.38. The molecule has 1 atom stereocenters. The maximum Gasteiger partial charge on any atom is 0.230 e. The molecule has 7 nitrogen and oxygen atoms in total. The number of anilines is 1. The molecule has 0 saturated carbocycles. The van der Waals surface area contributed by atoms with Gasteiger partial charge in [0.25, 0.3) is 0 Å². The number of aromatic amines is 1. The molecule has 0 radical (unpaired) electrons. The monoisotopic (exact) mass is 365 g/mol. The predicted octanol–water partition coefficient (Wildman–Crippen LogP) is 1.78. The van der Waals surface area contributed by atoms with E-state index in [0.717, 1.165) is 0 Å². The van der Waals surface area contributed by atoms with Gasteiger partial charge < -0.3 is 10.2 Å². The maximum atomic E-state index is 12.2. The van der Waals surface area contributed by atoms with Gasteiger partial charge in [0.1, 0.15) is 5.82 Å². The summed E-state index contributed by atoms with van der Waals surface area (Å²) in [4.78, 5) is 30.0. The van der Waals surface area contributed by atoms with Gasteiger partial charge in [-0.05, 0) is 19.1 Å². The lowest BCUT2D eigenvalue weighted by atomic mass is 10.2. The number of rotatable bonds is 5. The Morgan fingerprint density at radius 2 is 2.29 bits per heavy atom. The summed E-state index contributed by atoms with van der Waals surface area (Å²) in [6.45, 7) is 2.21. The van der Waals surface area contributed by atoms with Crippen LogP contribution in [0.2, 0.25) is 5.02 Å². The van der Waals surface area contributed by atoms with Crippen molar-refractivity contribution in [3.63, 3.8) is 0 Å². The molecule has 24 heavy (non-hydrogen) atoms. The standard InChI is InChI=1S/C15H16ClN5O2S/c1-9-17-15(20-19-9)24-8-13(22)18-10-6-14(23)21(7-10)12-5-3-2-4-11(12)16/h2-5,10H,6-8H2,1H3,(H,18,22)(H,17,19,20)/t10-/m0/s1. The normalized spacial score (nSPS) is 17.3. The Morgan fingerprint density at radius 3 is 3.00 bits per heavy atom. The number of halogens is 1. The van der Waals surface area contributed by atoms with E-state index in [-0.39, 0.29) is 30.0 Å². The first-order valence-electron chi connectivity index (χ1n) is 7.39. The van der Waals surface area contributed by atoms with Crippen LogP contribution < -0.4 is 10.2 Å². The zero-order valence-electron chi connectivity index (χ0n) is 13.0. The van der Waals surface area contributed by atoms with Crippen LogP contribution in [-0.2, 0) is 9.59 Å². The minimum absolute atomic E-state index is 0.0503. The summed E-state index contributed by atoms with van der Waals surface area (Å²) in [5.74, 6) is 0.704. The molecule has 1 aliphatic heterocycles. The van der Waals surface area contributed by atoms with E-state index in [1.165, 1.54) is 11.8 Å². The number of aromatic nitrogens is 3. The number of hydrogen-bond acceptors (Lipinski definition) is 5. The summed E-state index contributed by atoms with van der Waals surface area (Å²) in [6, 6.07) is 6.96. The maximum absolute atomic E-state index is 12.2. The number of thioether (sulfide) groups is 1. The molecule has 1 aromatic heterocycles. The molecule has 1 aliphatic rings. The van der Waals surface area contributed by atoms with Crippen molar-refractivity contribution >= 4 is 40.9 Å². The van der Waals surface area contributed by atoms with E-state index >= 15 is 0 Å². The summed E-state index contributed by atoms with van der Waals surface area (Å²) in [6.07, 6.45) is 0.265. The van der Waals surface area contributed by atoms with Crippen molar-refractivity contribution in [2.45, 2.75) is 24.5 Å². The third kappa shape index (κ3) is 3.88. The molecule has 2 heterocycles. The van der Waals surface area contributed by atoms with Gasteiger partial charge in [-0.3, -0.25) is 14.7 Å². The second-order valence-electron chi connectivity index (χ2n) is 5.42. The van der Waals surface area contributed by atoms with E-state index in [1.54, 1.807) is 24.0 Å². The average molecular weight is 366 g/mol. The molecule has 0 aliphatic carbocycles. The second-order valence-corrected chi connectivity index (χ2v) is 6.77. The SMILES string of the molecule is Cc1nc(SCC(=O)N[C@H]2CC(=O)N(c3ccccc3Cl)C2)n[nH]1. The van der Waals surface area contributed by atoms with E-state index in [0.29, 0.717) is 28.2 Å². The molecule has 2 aromatic rings. The smallest absolute Gasteiger partial charge is 0.230 e. The third-order valence-electron chi connectivity index (χ3n) is 3.54. The number of H-pyrrole nitrogens is 1. The number of benzene rings is 1. The molecule has 2 amide bonds. The van der Waals surface area contributed by atoms with Gasteiger partial charge in [-0.2, -0.15) is 0 Å². The summed E-state index contributed by atoms with van der Waals surface area (Å²) in [7, 11) is 0. The lowest BCUT2D eigenvalue weighted by Gasteiger charge is -2.18. The van der Waals surface area contributed by atoms with Crippen LogP contribution in [-0.4, -0.2) is 45.3 Å². The van der Waals surface area contributed by atoms with Crippen molar-refractivity contribution in [1.29, 1.82) is 0 Å². The number of nitrogens with one attached hydrogen (secondary N) is 2. The van der Waals surface area contributed by atoms with Crippen molar-refractivity contribution in [2.75, 3.05) is 17.2 Å². The zero-order chi connectivity index (χ0) is 17.1. The van der Waals surface area contributed by atoms with Crippen molar-refractivity contribution in [1.82, 2.24) is 20.5 Å². The Kier molecular flexibility index (Phi) is 5.06. The molecule has 0 spiro atoms. The Hall–Kier alpha value is -2.06. The Morgan fingerprint density at radius 1 is 1.50 bits per heavy atom. The summed E-state index contributed by atoms with van der Waals surface area (Å²) in [5.41, 5.74) is 0.673. The number of carbonyl (C=O) groups is 2. The lowest BCUT2D eigenvalue weighted by molar-refractivity contribution is -0.119. The molecular weight excluding hydrogens is 350 g/mol. The minimum atomic E-state index is -0.226. The molecule has 2 N–H and O–H groups in total. The fourth-order valence-corrected chi connectivity index (χ4v) is 3.39. The van der Waals surface area contributed by atoms with Gasteiger partial charge in [-0.15, -0.1) is 5.10 Å². The van der Waals surface area contributed by atoms with Crippen LogP contribution in [0.15, 0.2) is 29.4 Å².